The first-order chi connectivity index (χ1) is 8.66. The predicted octanol–water partition coefficient (Wildman–Crippen LogP) is 4.59. The Balaban J connectivity index is 2.40. The van der Waals surface area contributed by atoms with Crippen LogP contribution >= 0.6 is 28.1 Å². The van der Waals surface area contributed by atoms with Crippen molar-refractivity contribution in [1.82, 2.24) is 9.55 Å². The highest BCUT2D eigenvalue weighted by molar-refractivity contribution is 9.10. The predicted molar refractivity (Wildman–Crippen MR) is 76.1 cm³/mol. The number of fused-ring (bicyclic) bond motifs is 1. The molecule has 2 aromatic carbocycles. The zero-order valence-corrected chi connectivity index (χ0v) is 11.6. The third-order valence-corrected chi connectivity index (χ3v) is 3.63. The quantitative estimate of drug-likeness (QED) is 0.650. The molecule has 0 bridgehead atoms. The largest absolute Gasteiger partial charge is 0.330 e. The standard InChI is InChI=1S/C13H8BrFN2S/c14-9-6-11-12(7-10(9)15)17(13(18)16-11)8-4-2-1-3-5-8/h1-7H,(H,16,18). The van der Waals surface area contributed by atoms with E-state index in [1.165, 1.54) is 6.07 Å². The number of benzene rings is 2. The number of nitrogens with zero attached hydrogens (tertiary/aromatic N) is 1. The summed E-state index contributed by atoms with van der Waals surface area (Å²) in [5.41, 5.74) is 2.44. The molecule has 3 aromatic rings. The second-order valence-electron chi connectivity index (χ2n) is 3.88. The molecule has 5 heteroatoms. The SMILES string of the molecule is Fc1cc2c(cc1Br)[nH]c(=S)n2-c1ccccc1. The van der Waals surface area contributed by atoms with Crippen LogP contribution in [0, 0.1) is 10.6 Å². The molecular weight excluding hydrogens is 315 g/mol. The van der Waals surface area contributed by atoms with Crippen molar-refractivity contribution in [2.75, 3.05) is 0 Å². The molecule has 3 rings (SSSR count). The fraction of sp³-hybridized carbons (Fsp3) is 0. The lowest BCUT2D eigenvalue weighted by atomic mass is 10.3. The number of aromatic amines is 1. The lowest BCUT2D eigenvalue weighted by molar-refractivity contribution is 0.622. The van der Waals surface area contributed by atoms with Crippen LogP contribution in [0.1, 0.15) is 0 Å². The van der Waals surface area contributed by atoms with Crippen LogP contribution in [0.3, 0.4) is 0 Å². The molecule has 0 aliphatic rings. The van der Waals surface area contributed by atoms with Gasteiger partial charge in [0.15, 0.2) is 4.77 Å². The Morgan fingerprint density at radius 2 is 1.89 bits per heavy atom. The van der Waals surface area contributed by atoms with Crippen LogP contribution < -0.4 is 0 Å². The van der Waals surface area contributed by atoms with E-state index in [-0.39, 0.29) is 5.82 Å². The van der Waals surface area contributed by atoms with E-state index in [2.05, 4.69) is 20.9 Å². The van der Waals surface area contributed by atoms with Crippen molar-refractivity contribution in [2.24, 2.45) is 0 Å². The van der Waals surface area contributed by atoms with Crippen molar-refractivity contribution in [3.8, 4) is 5.69 Å². The Morgan fingerprint density at radius 1 is 1.17 bits per heavy atom. The molecule has 90 valence electrons. The van der Waals surface area contributed by atoms with Gasteiger partial charge in [0.25, 0.3) is 0 Å². The summed E-state index contributed by atoms with van der Waals surface area (Å²) >= 11 is 8.46. The van der Waals surface area contributed by atoms with Crippen molar-refractivity contribution < 1.29 is 4.39 Å². The Bertz CT molecular complexity index is 777. The fourth-order valence-corrected chi connectivity index (χ4v) is 2.59. The number of halogens is 2. The van der Waals surface area contributed by atoms with Crippen molar-refractivity contribution in [1.29, 1.82) is 0 Å². The fourth-order valence-electron chi connectivity index (χ4n) is 1.94. The van der Waals surface area contributed by atoms with Gasteiger partial charge in [-0.15, -0.1) is 0 Å². The highest BCUT2D eigenvalue weighted by atomic mass is 79.9. The van der Waals surface area contributed by atoms with Gasteiger partial charge in [0.1, 0.15) is 5.82 Å². The average Bonchev–Trinajstić information content (AvgIpc) is 2.66. The molecule has 1 aromatic heterocycles. The molecule has 0 saturated heterocycles. The van der Waals surface area contributed by atoms with E-state index in [4.69, 9.17) is 12.2 Å². The van der Waals surface area contributed by atoms with Crippen LogP contribution in [-0.2, 0) is 0 Å². The number of aromatic nitrogens is 2. The van der Waals surface area contributed by atoms with Crippen molar-refractivity contribution >= 4 is 39.2 Å². The van der Waals surface area contributed by atoms with Crippen molar-refractivity contribution in [3.05, 3.63) is 57.5 Å². The molecule has 1 N–H and O–H groups in total. The van der Waals surface area contributed by atoms with Gasteiger partial charge in [-0.05, 0) is 46.3 Å². The van der Waals surface area contributed by atoms with Gasteiger partial charge in [-0.1, -0.05) is 18.2 Å². The molecule has 2 nitrogen and oxygen atoms in total. The smallest absolute Gasteiger partial charge is 0.182 e. The van der Waals surface area contributed by atoms with E-state index in [9.17, 15) is 4.39 Å². The number of nitrogens with one attached hydrogen (secondary N) is 1. The van der Waals surface area contributed by atoms with Crippen molar-refractivity contribution in [3.63, 3.8) is 0 Å². The monoisotopic (exact) mass is 322 g/mol. The molecular formula is C13H8BrFN2S. The maximum atomic E-state index is 13.6. The molecule has 0 saturated carbocycles. The summed E-state index contributed by atoms with van der Waals surface area (Å²) in [5.74, 6) is -0.304. The lowest BCUT2D eigenvalue weighted by Crippen LogP contribution is -1.93. The summed E-state index contributed by atoms with van der Waals surface area (Å²) in [5, 5.41) is 0. The van der Waals surface area contributed by atoms with Crippen LogP contribution in [0.25, 0.3) is 16.7 Å². The zero-order chi connectivity index (χ0) is 12.7. The Kier molecular flexibility index (Phi) is 2.80. The topological polar surface area (TPSA) is 20.7 Å². The average molecular weight is 323 g/mol. The number of H-pyrrole nitrogens is 1. The molecule has 0 aliphatic heterocycles. The number of para-hydroxylation sites is 1. The lowest BCUT2D eigenvalue weighted by Gasteiger charge is -2.04. The first-order valence-corrected chi connectivity index (χ1v) is 6.52. The van der Waals surface area contributed by atoms with Crippen LogP contribution in [0.4, 0.5) is 4.39 Å². The molecule has 0 atom stereocenters. The second-order valence-corrected chi connectivity index (χ2v) is 5.13. The van der Waals surface area contributed by atoms with Gasteiger partial charge in [0, 0.05) is 11.8 Å². The van der Waals surface area contributed by atoms with Crippen LogP contribution in [0.5, 0.6) is 0 Å². The number of rotatable bonds is 1. The molecule has 0 fully saturated rings. The summed E-state index contributed by atoms with van der Waals surface area (Å²) < 4.78 is 16.4. The number of hydrogen-bond acceptors (Lipinski definition) is 1. The minimum Gasteiger partial charge on any atom is -0.330 e. The molecule has 0 aliphatic carbocycles. The van der Waals surface area contributed by atoms with Gasteiger partial charge in [-0.25, -0.2) is 4.39 Å². The van der Waals surface area contributed by atoms with Gasteiger partial charge in [0.05, 0.1) is 15.5 Å². The normalized spacial score (nSPS) is 11.0. The third-order valence-electron chi connectivity index (χ3n) is 2.74. The maximum absolute atomic E-state index is 13.6. The van der Waals surface area contributed by atoms with E-state index in [1.807, 2.05) is 34.9 Å². The maximum Gasteiger partial charge on any atom is 0.182 e. The highest BCUT2D eigenvalue weighted by Gasteiger charge is 2.09. The minimum atomic E-state index is -0.304. The summed E-state index contributed by atoms with van der Waals surface area (Å²) in [6.45, 7) is 0. The Hall–Kier alpha value is -1.46. The molecule has 1 heterocycles. The van der Waals surface area contributed by atoms with Gasteiger partial charge < -0.3 is 4.98 Å². The Labute approximate surface area is 116 Å². The molecule has 0 unspecified atom stereocenters. The van der Waals surface area contributed by atoms with E-state index in [0.29, 0.717) is 9.24 Å². The van der Waals surface area contributed by atoms with Gasteiger partial charge in [0.2, 0.25) is 0 Å². The third kappa shape index (κ3) is 1.79. The molecule has 0 amide bonds. The number of imidazole rings is 1. The van der Waals surface area contributed by atoms with Crippen LogP contribution in [-0.4, -0.2) is 9.55 Å². The van der Waals surface area contributed by atoms with E-state index < -0.39 is 0 Å². The molecule has 18 heavy (non-hydrogen) atoms. The van der Waals surface area contributed by atoms with Crippen LogP contribution in [0.15, 0.2) is 46.9 Å². The minimum absolute atomic E-state index is 0.304. The summed E-state index contributed by atoms with van der Waals surface area (Å²) in [7, 11) is 0. The summed E-state index contributed by atoms with van der Waals surface area (Å²) in [6.07, 6.45) is 0. The first kappa shape index (κ1) is 11.6. The van der Waals surface area contributed by atoms with Crippen LogP contribution in [0.2, 0.25) is 0 Å². The Morgan fingerprint density at radius 3 is 2.61 bits per heavy atom. The zero-order valence-electron chi connectivity index (χ0n) is 9.15. The summed E-state index contributed by atoms with van der Waals surface area (Å²) in [6, 6.07) is 12.8. The van der Waals surface area contributed by atoms with Gasteiger partial charge in [-0.3, -0.25) is 4.57 Å². The summed E-state index contributed by atoms with van der Waals surface area (Å²) in [4.78, 5) is 3.07. The first-order valence-electron chi connectivity index (χ1n) is 5.32. The molecule has 0 radical (unpaired) electrons. The van der Waals surface area contributed by atoms with Gasteiger partial charge >= 0.3 is 0 Å². The van der Waals surface area contributed by atoms with Gasteiger partial charge in [-0.2, -0.15) is 0 Å². The van der Waals surface area contributed by atoms with E-state index in [0.717, 1.165) is 16.7 Å². The molecule has 0 spiro atoms. The van der Waals surface area contributed by atoms with Crippen molar-refractivity contribution in [2.45, 2.75) is 0 Å². The second kappa shape index (κ2) is 4.33. The van der Waals surface area contributed by atoms with E-state index >= 15 is 0 Å². The van der Waals surface area contributed by atoms with E-state index in [1.54, 1.807) is 6.07 Å². The number of hydrogen-bond donors (Lipinski definition) is 1. The highest BCUT2D eigenvalue weighted by Crippen LogP contribution is 2.25.